The van der Waals surface area contributed by atoms with Gasteiger partial charge in [0.25, 0.3) is 0 Å². The minimum absolute atomic E-state index is 0.365. The molecule has 0 aliphatic carbocycles. The lowest BCUT2D eigenvalue weighted by Crippen LogP contribution is -2.31. The summed E-state index contributed by atoms with van der Waals surface area (Å²) in [6, 6.07) is 3.60. The molecule has 0 aliphatic heterocycles. The zero-order valence-electron chi connectivity index (χ0n) is 11.4. The van der Waals surface area contributed by atoms with Crippen molar-refractivity contribution in [2.75, 3.05) is 13.2 Å². The van der Waals surface area contributed by atoms with E-state index in [-0.39, 0.29) is 6.04 Å². The van der Waals surface area contributed by atoms with Crippen LogP contribution >= 0.6 is 0 Å². The highest BCUT2D eigenvalue weighted by Gasteiger charge is 2.21. The molecule has 0 spiro atoms. The summed E-state index contributed by atoms with van der Waals surface area (Å²) in [5.74, 6) is 0.739. The Labute approximate surface area is 109 Å². The van der Waals surface area contributed by atoms with Gasteiger partial charge in [-0.15, -0.1) is 0 Å². The van der Waals surface area contributed by atoms with Crippen LogP contribution < -0.4 is 16.2 Å². The highest BCUT2D eigenvalue weighted by molar-refractivity contribution is 5.45. The summed E-state index contributed by atoms with van der Waals surface area (Å²) in [7, 11) is 0. The second kappa shape index (κ2) is 6.73. The molecule has 0 heterocycles. The van der Waals surface area contributed by atoms with Gasteiger partial charge >= 0.3 is 0 Å². The van der Waals surface area contributed by atoms with Crippen molar-refractivity contribution in [3.05, 3.63) is 28.8 Å². The lowest BCUT2D eigenvalue weighted by atomic mass is 9.95. The number of nitrogens with two attached hydrogens (primary N) is 2. The molecule has 1 rings (SSSR count). The molecule has 2 unspecified atom stereocenters. The third-order valence-electron chi connectivity index (χ3n) is 2.96. The molecule has 0 aliphatic rings. The largest absolute Gasteiger partial charge is 0.493 e. The first-order valence-corrected chi connectivity index (χ1v) is 6.38. The fourth-order valence-electron chi connectivity index (χ4n) is 2.13. The first-order chi connectivity index (χ1) is 8.51. The van der Waals surface area contributed by atoms with Crippen LogP contribution in [0.1, 0.15) is 36.1 Å². The van der Waals surface area contributed by atoms with Gasteiger partial charge in [-0.3, -0.25) is 0 Å². The van der Waals surface area contributed by atoms with Crippen LogP contribution in [0, 0.1) is 13.8 Å². The molecule has 2 atom stereocenters. The number of ether oxygens (including phenoxy) is 1. The zero-order valence-corrected chi connectivity index (χ0v) is 11.4. The van der Waals surface area contributed by atoms with E-state index in [1.54, 1.807) is 0 Å². The van der Waals surface area contributed by atoms with Crippen molar-refractivity contribution in [1.82, 2.24) is 0 Å². The van der Waals surface area contributed by atoms with Crippen molar-refractivity contribution in [3.63, 3.8) is 0 Å². The zero-order chi connectivity index (χ0) is 13.7. The van der Waals surface area contributed by atoms with Crippen LogP contribution in [0.4, 0.5) is 0 Å². The number of rotatable bonds is 6. The molecule has 5 N–H and O–H groups in total. The molecule has 0 fully saturated rings. The van der Waals surface area contributed by atoms with E-state index < -0.39 is 6.10 Å². The number of hydrogen-bond donors (Lipinski definition) is 3. The van der Waals surface area contributed by atoms with Gasteiger partial charge in [0.15, 0.2) is 0 Å². The molecule has 0 radical (unpaired) electrons. The molecule has 18 heavy (non-hydrogen) atoms. The number of aliphatic hydroxyl groups excluding tert-OH is 1. The van der Waals surface area contributed by atoms with Gasteiger partial charge < -0.3 is 21.3 Å². The van der Waals surface area contributed by atoms with Crippen molar-refractivity contribution in [1.29, 1.82) is 0 Å². The van der Waals surface area contributed by atoms with Crippen molar-refractivity contribution in [2.45, 2.75) is 39.3 Å². The molecule has 1 aromatic rings. The number of aliphatic hydroxyl groups is 1. The first kappa shape index (κ1) is 15.0. The van der Waals surface area contributed by atoms with Crippen LogP contribution in [0.5, 0.6) is 5.75 Å². The molecular weight excluding hydrogens is 228 g/mol. The summed E-state index contributed by atoms with van der Waals surface area (Å²) in [5, 5.41) is 10.3. The lowest BCUT2D eigenvalue weighted by Gasteiger charge is -2.23. The molecule has 4 heteroatoms. The quantitative estimate of drug-likeness (QED) is 0.715. The van der Waals surface area contributed by atoms with E-state index in [0.717, 1.165) is 22.4 Å². The van der Waals surface area contributed by atoms with Gasteiger partial charge in [0.2, 0.25) is 0 Å². The maximum Gasteiger partial charge on any atom is 0.128 e. The SMILES string of the molecule is CCOc1c(C)cc(C)cc1C(O)C(N)CCN. The molecule has 0 bridgehead atoms. The normalized spacial score (nSPS) is 14.3. The van der Waals surface area contributed by atoms with E-state index >= 15 is 0 Å². The maximum absolute atomic E-state index is 10.3. The van der Waals surface area contributed by atoms with Gasteiger partial charge in [0.05, 0.1) is 12.7 Å². The molecule has 0 saturated heterocycles. The van der Waals surface area contributed by atoms with Gasteiger partial charge in [-0.25, -0.2) is 0 Å². The van der Waals surface area contributed by atoms with Crippen LogP contribution in [0.3, 0.4) is 0 Å². The Morgan fingerprint density at radius 3 is 2.56 bits per heavy atom. The summed E-state index contributed by atoms with van der Waals surface area (Å²) in [5.41, 5.74) is 14.3. The maximum atomic E-state index is 10.3. The van der Waals surface area contributed by atoms with Crippen LogP contribution in [-0.2, 0) is 0 Å². The molecular formula is C14H24N2O2. The minimum atomic E-state index is -0.742. The number of benzene rings is 1. The molecule has 1 aromatic carbocycles. The van der Waals surface area contributed by atoms with Crippen LogP contribution in [0.2, 0.25) is 0 Å². The van der Waals surface area contributed by atoms with Crippen molar-refractivity contribution in [3.8, 4) is 5.75 Å². The molecule has 4 nitrogen and oxygen atoms in total. The number of hydrogen-bond acceptors (Lipinski definition) is 4. The Balaban J connectivity index is 3.12. The van der Waals surface area contributed by atoms with Crippen molar-refractivity contribution >= 4 is 0 Å². The average molecular weight is 252 g/mol. The van der Waals surface area contributed by atoms with E-state index in [0.29, 0.717) is 19.6 Å². The van der Waals surface area contributed by atoms with E-state index in [1.807, 2.05) is 32.9 Å². The van der Waals surface area contributed by atoms with E-state index in [2.05, 4.69) is 0 Å². The van der Waals surface area contributed by atoms with Crippen molar-refractivity contribution < 1.29 is 9.84 Å². The molecule has 0 saturated carbocycles. The Bertz CT molecular complexity index is 394. The third-order valence-corrected chi connectivity index (χ3v) is 2.96. The Morgan fingerprint density at radius 2 is 2.00 bits per heavy atom. The second-order valence-corrected chi connectivity index (χ2v) is 4.62. The highest BCUT2D eigenvalue weighted by Crippen LogP contribution is 2.32. The summed E-state index contributed by atoms with van der Waals surface area (Å²) >= 11 is 0. The van der Waals surface area contributed by atoms with Crippen LogP contribution in [0.25, 0.3) is 0 Å². The lowest BCUT2D eigenvalue weighted by molar-refractivity contribution is 0.138. The van der Waals surface area contributed by atoms with E-state index in [9.17, 15) is 5.11 Å². The Morgan fingerprint density at radius 1 is 1.33 bits per heavy atom. The predicted octanol–water partition coefficient (Wildman–Crippen LogP) is 1.41. The molecule has 0 amide bonds. The highest BCUT2D eigenvalue weighted by atomic mass is 16.5. The van der Waals surface area contributed by atoms with Gasteiger partial charge in [0.1, 0.15) is 5.75 Å². The topological polar surface area (TPSA) is 81.5 Å². The van der Waals surface area contributed by atoms with Gasteiger partial charge in [0, 0.05) is 11.6 Å². The summed E-state index contributed by atoms with van der Waals surface area (Å²) in [6.45, 7) is 6.92. The molecule has 0 aromatic heterocycles. The Kier molecular flexibility index (Phi) is 5.59. The number of aryl methyl sites for hydroxylation is 2. The second-order valence-electron chi connectivity index (χ2n) is 4.62. The van der Waals surface area contributed by atoms with Crippen LogP contribution in [-0.4, -0.2) is 24.3 Å². The van der Waals surface area contributed by atoms with E-state index in [1.165, 1.54) is 0 Å². The fraction of sp³-hybridized carbons (Fsp3) is 0.571. The van der Waals surface area contributed by atoms with Crippen LogP contribution in [0.15, 0.2) is 12.1 Å². The monoisotopic (exact) mass is 252 g/mol. The smallest absolute Gasteiger partial charge is 0.128 e. The molecule has 102 valence electrons. The fourth-order valence-corrected chi connectivity index (χ4v) is 2.13. The predicted molar refractivity (Wildman–Crippen MR) is 73.7 cm³/mol. The summed E-state index contributed by atoms with van der Waals surface area (Å²) < 4.78 is 5.63. The van der Waals surface area contributed by atoms with Gasteiger partial charge in [-0.2, -0.15) is 0 Å². The standard InChI is InChI=1S/C14H24N2O2/c1-4-18-14-10(3)7-9(2)8-11(14)13(17)12(16)5-6-15/h7-8,12-13,17H,4-6,15-16H2,1-3H3. The van der Waals surface area contributed by atoms with Gasteiger partial charge in [-0.05, 0) is 45.4 Å². The summed E-state index contributed by atoms with van der Waals surface area (Å²) in [6.07, 6.45) is -0.159. The van der Waals surface area contributed by atoms with Gasteiger partial charge in [-0.1, -0.05) is 11.6 Å². The van der Waals surface area contributed by atoms with Crippen molar-refractivity contribution in [2.24, 2.45) is 11.5 Å². The third kappa shape index (κ3) is 3.45. The van der Waals surface area contributed by atoms with E-state index in [4.69, 9.17) is 16.2 Å². The summed E-state index contributed by atoms with van der Waals surface area (Å²) in [4.78, 5) is 0. The minimum Gasteiger partial charge on any atom is -0.493 e. The Hall–Kier alpha value is -1.10. The first-order valence-electron chi connectivity index (χ1n) is 6.38. The average Bonchev–Trinajstić information content (AvgIpc) is 2.31.